The minimum absolute atomic E-state index is 0.0655. The number of allylic oxidation sites excluding steroid dienone is 1. The van der Waals surface area contributed by atoms with Gasteiger partial charge < -0.3 is 18.6 Å². The molecule has 7 heteroatoms. The number of carbonyl (C=O) groups is 3. The summed E-state index contributed by atoms with van der Waals surface area (Å²) in [6, 6.07) is 3.59. The molecular weight excluding hydrogens is 424 g/mol. The molecule has 0 amide bonds. The number of ether oxygens (including phenoxy) is 3. The van der Waals surface area contributed by atoms with Gasteiger partial charge >= 0.3 is 11.9 Å². The van der Waals surface area contributed by atoms with E-state index in [9.17, 15) is 14.4 Å². The van der Waals surface area contributed by atoms with E-state index in [0.717, 1.165) is 6.42 Å². The maximum Gasteiger partial charge on any atom is 0.339 e. The quantitative estimate of drug-likeness (QED) is 0.469. The zero-order chi connectivity index (χ0) is 23.6. The third-order valence-electron chi connectivity index (χ3n) is 9.97. The van der Waals surface area contributed by atoms with E-state index in [4.69, 9.17) is 18.6 Å². The summed E-state index contributed by atoms with van der Waals surface area (Å²) < 4.78 is 23.6. The molecule has 0 unspecified atom stereocenters. The second-order valence-electron chi connectivity index (χ2n) is 11.7. The number of Topliss-reactive ketones (excluding diaryl/α,β-unsaturated/α-hetero) is 1. The van der Waals surface area contributed by atoms with Crippen molar-refractivity contribution >= 4 is 17.7 Å². The summed E-state index contributed by atoms with van der Waals surface area (Å²) in [6.07, 6.45) is 5.31. The van der Waals surface area contributed by atoms with Crippen molar-refractivity contribution in [3.63, 3.8) is 0 Å². The lowest BCUT2D eigenvalue weighted by molar-refractivity contribution is -0.217. The number of esters is 2. The van der Waals surface area contributed by atoms with Gasteiger partial charge in [-0.1, -0.05) is 19.9 Å². The van der Waals surface area contributed by atoms with Gasteiger partial charge in [-0.3, -0.25) is 4.79 Å². The van der Waals surface area contributed by atoms with Crippen LogP contribution in [0.15, 0.2) is 35.0 Å². The highest BCUT2D eigenvalue weighted by Gasteiger charge is 2.88. The largest absolute Gasteiger partial charge is 0.465 e. The average Bonchev–Trinajstić information content (AvgIpc) is 3.33. The van der Waals surface area contributed by atoms with E-state index in [-0.39, 0.29) is 30.0 Å². The van der Waals surface area contributed by atoms with Crippen molar-refractivity contribution in [1.82, 2.24) is 0 Å². The lowest BCUT2D eigenvalue weighted by Crippen LogP contribution is -2.71. The third kappa shape index (κ3) is 2.23. The first kappa shape index (κ1) is 21.1. The van der Waals surface area contributed by atoms with Gasteiger partial charge in [0.15, 0.2) is 12.2 Å². The number of hydrogen-bond donors (Lipinski definition) is 0. The van der Waals surface area contributed by atoms with Crippen LogP contribution in [0.2, 0.25) is 0 Å². The number of carbonyl (C=O) groups excluding carboxylic acids is 3. The lowest BCUT2D eigenvalue weighted by Gasteiger charge is -2.64. The van der Waals surface area contributed by atoms with Crippen LogP contribution in [0.4, 0.5) is 0 Å². The molecule has 3 aliphatic heterocycles. The zero-order valence-corrected chi connectivity index (χ0v) is 19.7. The van der Waals surface area contributed by atoms with Crippen molar-refractivity contribution in [2.24, 2.45) is 28.1 Å². The van der Waals surface area contributed by atoms with Gasteiger partial charge in [-0.2, -0.15) is 0 Å². The van der Waals surface area contributed by atoms with Crippen LogP contribution in [0.1, 0.15) is 65.7 Å². The van der Waals surface area contributed by atoms with Crippen LogP contribution in [0.25, 0.3) is 0 Å². The molecule has 4 heterocycles. The van der Waals surface area contributed by atoms with Crippen molar-refractivity contribution in [3.8, 4) is 0 Å². The lowest BCUT2D eigenvalue weighted by atomic mass is 9.38. The van der Waals surface area contributed by atoms with E-state index in [1.807, 2.05) is 32.9 Å². The molecule has 2 aliphatic carbocycles. The van der Waals surface area contributed by atoms with Crippen LogP contribution in [-0.2, 0) is 28.6 Å². The number of rotatable bonds is 1. The van der Waals surface area contributed by atoms with Crippen molar-refractivity contribution in [3.05, 3.63) is 36.3 Å². The second-order valence-corrected chi connectivity index (χ2v) is 11.7. The maximum atomic E-state index is 14.1. The Morgan fingerprint density at radius 2 is 1.76 bits per heavy atom. The van der Waals surface area contributed by atoms with Crippen LogP contribution in [0.5, 0.6) is 0 Å². The second kappa shape index (κ2) is 5.98. The molecule has 6 rings (SSSR count). The molecule has 0 N–H and O–H groups in total. The van der Waals surface area contributed by atoms with Crippen LogP contribution in [0, 0.1) is 28.1 Å². The molecule has 1 aromatic heterocycles. The van der Waals surface area contributed by atoms with Crippen LogP contribution >= 0.6 is 0 Å². The van der Waals surface area contributed by atoms with Crippen LogP contribution in [-0.4, -0.2) is 35.0 Å². The minimum Gasteiger partial charge on any atom is -0.465 e. The number of cyclic esters (lactones) is 2. The molecule has 176 valence electrons. The summed E-state index contributed by atoms with van der Waals surface area (Å²) in [5.74, 6) is -0.483. The summed E-state index contributed by atoms with van der Waals surface area (Å²) >= 11 is 0. The fourth-order valence-corrected chi connectivity index (χ4v) is 8.45. The first-order valence-corrected chi connectivity index (χ1v) is 11.8. The Morgan fingerprint density at radius 3 is 2.45 bits per heavy atom. The van der Waals surface area contributed by atoms with E-state index < -0.39 is 45.6 Å². The van der Waals surface area contributed by atoms with E-state index >= 15 is 0 Å². The summed E-state index contributed by atoms with van der Waals surface area (Å²) in [5.41, 5.74) is -3.79. The standard InChI is InChI=1S/C26H30O7/c1-22(2)16-13-17(27)25(5)15(23(16,3)10-9-18(28)32-22)8-11-24(4)19(14-7-6-12-30-14)31-21(29)20-26(24,25)33-20/h6-7,9-10,12,15-16,19-20H,8,11,13H2,1-5H3/t15-,16+,19+,20-,23-,24+,25+,26-/m1/s1. The summed E-state index contributed by atoms with van der Waals surface area (Å²) in [7, 11) is 0. The van der Waals surface area contributed by atoms with E-state index in [0.29, 0.717) is 12.2 Å². The van der Waals surface area contributed by atoms with Gasteiger partial charge in [0.25, 0.3) is 0 Å². The van der Waals surface area contributed by atoms with E-state index in [2.05, 4.69) is 13.8 Å². The normalized spacial score (nSPS) is 49.5. The molecule has 33 heavy (non-hydrogen) atoms. The van der Waals surface area contributed by atoms with Crippen LogP contribution < -0.4 is 0 Å². The number of fused-ring (bicyclic) bond motifs is 3. The Balaban J connectivity index is 1.53. The third-order valence-corrected chi connectivity index (χ3v) is 9.97. The SMILES string of the molecule is CC1(C)OC(=O)C=C[C@]2(C)[C@H]3CC[C@@]4(C)[C@H](c5ccco5)OC(=O)[C@H]5O[C@]54[C@]3(C)C(=O)C[C@@H]12. The molecule has 4 fully saturated rings. The zero-order valence-electron chi connectivity index (χ0n) is 19.7. The maximum absolute atomic E-state index is 14.1. The average molecular weight is 455 g/mol. The highest BCUT2D eigenvalue weighted by Crippen LogP contribution is 2.78. The molecule has 5 aliphatic rings. The predicted molar refractivity (Wildman–Crippen MR) is 115 cm³/mol. The fraction of sp³-hybridized carbons (Fsp3) is 0.654. The molecular formula is C26H30O7. The Bertz CT molecular complexity index is 1100. The minimum atomic E-state index is -0.976. The molecule has 1 aromatic rings. The van der Waals surface area contributed by atoms with Crippen LogP contribution in [0.3, 0.4) is 0 Å². The van der Waals surface area contributed by atoms with E-state index in [1.165, 1.54) is 6.08 Å². The Morgan fingerprint density at radius 1 is 1.00 bits per heavy atom. The van der Waals surface area contributed by atoms with Gasteiger partial charge in [0.05, 0.1) is 11.7 Å². The fourth-order valence-electron chi connectivity index (χ4n) is 8.45. The highest BCUT2D eigenvalue weighted by atomic mass is 16.7. The summed E-state index contributed by atoms with van der Waals surface area (Å²) in [5, 5.41) is 0. The van der Waals surface area contributed by atoms with Gasteiger partial charge in [-0.05, 0) is 57.1 Å². The molecule has 2 saturated heterocycles. The molecule has 8 atom stereocenters. The summed E-state index contributed by atoms with van der Waals surface area (Å²) in [4.78, 5) is 39.6. The van der Waals surface area contributed by atoms with E-state index in [1.54, 1.807) is 12.3 Å². The molecule has 0 radical (unpaired) electrons. The Kier molecular flexibility index (Phi) is 3.83. The smallest absolute Gasteiger partial charge is 0.339 e. The highest BCUT2D eigenvalue weighted by molar-refractivity contribution is 5.93. The number of furan rings is 1. The number of ketones is 1. The van der Waals surface area contributed by atoms with Crippen molar-refractivity contribution in [1.29, 1.82) is 0 Å². The predicted octanol–water partition coefficient (Wildman–Crippen LogP) is 3.92. The van der Waals surface area contributed by atoms with Gasteiger partial charge in [0.2, 0.25) is 0 Å². The Hall–Kier alpha value is -2.41. The van der Waals surface area contributed by atoms with Gasteiger partial charge in [0.1, 0.15) is 22.7 Å². The first-order valence-electron chi connectivity index (χ1n) is 11.8. The van der Waals surface area contributed by atoms with Crippen molar-refractivity contribution in [2.75, 3.05) is 0 Å². The molecule has 7 nitrogen and oxygen atoms in total. The summed E-state index contributed by atoms with van der Waals surface area (Å²) in [6.45, 7) is 9.96. The molecule has 0 bridgehead atoms. The Labute approximate surface area is 192 Å². The van der Waals surface area contributed by atoms with Crippen molar-refractivity contribution < 1.29 is 33.0 Å². The molecule has 0 aromatic carbocycles. The van der Waals surface area contributed by atoms with Crippen molar-refractivity contribution in [2.45, 2.75) is 77.3 Å². The first-order chi connectivity index (χ1) is 15.4. The molecule has 2 saturated carbocycles. The number of epoxide rings is 1. The van der Waals surface area contributed by atoms with Gasteiger partial charge in [-0.25, -0.2) is 9.59 Å². The number of hydrogen-bond acceptors (Lipinski definition) is 7. The molecule has 1 spiro atoms. The van der Waals surface area contributed by atoms with Gasteiger partial charge in [0, 0.05) is 23.8 Å². The van der Waals surface area contributed by atoms with Gasteiger partial charge in [-0.15, -0.1) is 0 Å². The monoisotopic (exact) mass is 454 g/mol. The topological polar surface area (TPSA) is 95.3 Å².